The zero-order chi connectivity index (χ0) is 17.7. The van der Waals surface area contributed by atoms with Gasteiger partial charge in [-0.05, 0) is 18.1 Å². The third-order valence-corrected chi connectivity index (χ3v) is 5.36. The fourth-order valence-corrected chi connectivity index (χ4v) is 3.98. The van der Waals surface area contributed by atoms with Crippen molar-refractivity contribution in [2.24, 2.45) is 11.7 Å². The van der Waals surface area contributed by atoms with E-state index < -0.39 is 0 Å². The second-order valence-electron chi connectivity index (χ2n) is 5.69. The van der Waals surface area contributed by atoms with E-state index in [2.05, 4.69) is 24.0 Å². The van der Waals surface area contributed by atoms with E-state index in [-0.39, 0.29) is 23.9 Å². The van der Waals surface area contributed by atoms with E-state index in [1.807, 2.05) is 4.57 Å². The number of nitrogens with zero attached hydrogens (tertiary/aromatic N) is 3. The predicted molar refractivity (Wildman–Crippen MR) is 96.8 cm³/mol. The number of ketones is 1. The minimum absolute atomic E-state index is 0.00897. The molecule has 1 amide bonds. The number of hydrogen-bond acceptors (Lipinski definition) is 6. The quantitative estimate of drug-likeness (QED) is 0.528. The van der Waals surface area contributed by atoms with Crippen LogP contribution >= 0.6 is 34.7 Å². The van der Waals surface area contributed by atoms with Crippen molar-refractivity contribution in [2.45, 2.75) is 38.4 Å². The Labute approximate surface area is 153 Å². The number of carbonyl (C=O) groups is 2. The van der Waals surface area contributed by atoms with E-state index in [9.17, 15) is 9.59 Å². The van der Waals surface area contributed by atoms with Crippen molar-refractivity contribution in [3.05, 3.63) is 27.2 Å². The van der Waals surface area contributed by atoms with Gasteiger partial charge in [0.2, 0.25) is 5.91 Å². The molecule has 0 aliphatic rings. The van der Waals surface area contributed by atoms with Gasteiger partial charge in [0.15, 0.2) is 10.9 Å². The third-order valence-electron chi connectivity index (χ3n) is 3.12. The van der Waals surface area contributed by atoms with E-state index >= 15 is 0 Å². The van der Waals surface area contributed by atoms with Gasteiger partial charge in [-0.1, -0.05) is 37.2 Å². The molecular formula is C15H19ClN4O2S2. The van der Waals surface area contributed by atoms with E-state index in [1.54, 1.807) is 12.1 Å². The summed E-state index contributed by atoms with van der Waals surface area (Å²) >= 11 is 8.48. The molecule has 130 valence electrons. The lowest BCUT2D eigenvalue weighted by Gasteiger charge is -2.11. The number of primary amides is 1. The van der Waals surface area contributed by atoms with Crippen molar-refractivity contribution in [1.29, 1.82) is 0 Å². The average Bonchev–Trinajstić information content (AvgIpc) is 3.09. The molecule has 0 atom stereocenters. The van der Waals surface area contributed by atoms with Crippen LogP contribution in [0.4, 0.5) is 0 Å². The van der Waals surface area contributed by atoms with Gasteiger partial charge in [-0.15, -0.1) is 21.5 Å². The van der Waals surface area contributed by atoms with Gasteiger partial charge >= 0.3 is 0 Å². The highest BCUT2D eigenvalue weighted by molar-refractivity contribution is 7.99. The molecule has 0 fully saturated rings. The van der Waals surface area contributed by atoms with Crippen molar-refractivity contribution in [3.63, 3.8) is 0 Å². The highest BCUT2D eigenvalue weighted by Gasteiger charge is 2.17. The molecule has 0 saturated carbocycles. The standard InChI is InChI=1S/C15H19ClN4O2S2/c1-9(2)7-20-14(6-5-13(17)22)18-19-15(20)23-8-10(21)11-3-4-12(16)24-11/h3-4,9H,5-8H2,1-2H3,(H2,17,22). The molecule has 2 heterocycles. The molecule has 0 bridgehead atoms. The zero-order valence-electron chi connectivity index (χ0n) is 13.5. The Kier molecular flexibility index (Phi) is 6.82. The Morgan fingerprint density at radius 1 is 1.38 bits per heavy atom. The molecule has 2 rings (SSSR count). The Bertz CT molecular complexity index is 727. The second-order valence-corrected chi connectivity index (χ2v) is 8.34. The fourth-order valence-electron chi connectivity index (χ4n) is 2.06. The number of rotatable bonds is 9. The first-order valence-corrected chi connectivity index (χ1v) is 9.66. The Morgan fingerprint density at radius 3 is 2.71 bits per heavy atom. The minimum atomic E-state index is -0.368. The molecule has 0 unspecified atom stereocenters. The van der Waals surface area contributed by atoms with Crippen molar-refractivity contribution in [3.8, 4) is 0 Å². The largest absolute Gasteiger partial charge is 0.370 e. The molecule has 0 aliphatic heterocycles. The molecule has 0 saturated heterocycles. The summed E-state index contributed by atoms with van der Waals surface area (Å²) in [7, 11) is 0. The van der Waals surface area contributed by atoms with Gasteiger partial charge in [0.05, 0.1) is 15.0 Å². The summed E-state index contributed by atoms with van der Waals surface area (Å²) in [6, 6.07) is 3.44. The van der Waals surface area contributed by atoms with Crippen molar-refractivity contribution >= 4 is 46.4 Å². The molecule has 2 aromatic rings. The van der Waals surface area contributed by atoms with Gasteiger partial charge in [0, 0.05) is 19.4 Å². The molecule has 2 aromatic heterocycles. The summed E-state index contributed by atoms with van der Waals surface area (Å²) in [5.41, 5.74) is 5.21. The van der Waals surface area contributed by atoms with E-state index in [4.69, 9.17) is 17.3 Å². The van der Waals surface area contributed by atoms with Crippen LogP contribution in [-0.2, 0) is 17.8 Å². The van der Waals surface area contributed by atoms with Crippen LogP contribution in [-0.4, -0.2) is 32.2 Å². The van der Waals surface area contributed by atoms with Crippen molar-refractivity contribution in [2.75, 3.05) is 5.75 Å². The van der Waals surface area contributed by atoms with Crippen LogP contribution in [0.25, 0.3) is 0 Å². The number of thioether (sulfide) groups is 1. The molecule has 0 radical (unpaired) electrons. The maximum atomic E-state index is 12.2. The van der Waals surface area contributed by atoms with Gasteiger partial charge in [-0.2, -0.15) is 0 Å². The number of nitrogens with two attached hydrogens (primary N) is 1. The van der Waals surface area contributed by atoms with Crippen LogP contribution in [0.15, 0.2) is 17.3 Å². The highest BCUT2D eigenvalue weighted by atomic mass is 35.5. The summed E-state index contributed by atoms with van der Waals surface area (Å²) in [6.45, 7) is 4.90. The van der Waals surface area contributed by atoms with Crippen molar-refractivity contribution < 1.29 is 9.59 Å². The lowest BCUT2D eigenvalue weighted by molar-refractivity contribution is -0.118. The van der Waals surface area contributed by atoms with Gasteiger partial charge in [-0.3, -0.25) is 9.59 Å². The van der Waals surface area contributed by atoms with E-state index in [1.165, 1.54) is 23.1 Å². The van der Waals surface area contributed by atoms with Gasteiger partial charge in [-0.25, -0.2) is 0 Å². The molecule has 24 heavy (non-hydrogen) atoms. The maximum absolute atomic E-state index is 12.2. The SMILES string of the molecule is CC(C)Cn1c(CCC(N)=O)nnc1SCC(=O)c1ccc(Cl)s1. The van der Waals surface area contributed by atoms with Gasteiger partial charge in [0.25, 0.3) is 0 Å². The van der Waals surface area contributed by atoms with Gasteiger partial charge in [0.1, 0.15) is 5.82 Å². The number of hydrogen-bond donors (Lipinski definition) is 1. The van der Waals surface area contributed by atoms with Crippen LogP contribution in [0.2, 0.25) is 4.34 Å². The summed E-state index contributed by atoms with van der Waals surface area (Å²) in [5, 5.41) is 9.00. The number of aryl methyl sites for hydroxylation is 1. The summed E-state index contributed by atoms with van der Waals surface area (Å²) < 4.78 is 2.56. The first-order chi connectivity index (χ1) is 11.4. The molecule has 9 heteroatoms. The van der Waals surface area contributed by atoms with E-state index in [0.29, 0.717) is 26.7 Å². The fraction of sp³-hybridized carbons (Fsp3) is 0.467. The Balaban J connectivity index is 2.07. The minimum Gasteiger partial charge on any atom is -0.370 e. The number of thiophene rings is 1. The third kappa shape index (κ3) is 5.32. The summed E-state index contributed by atoms with van der Waals surface area (Å²) in [4.78, 5) is 23.8. The second kappa shape index (κ2) is 8.64. The van der Waals surface area contributed by atoms with Crippen molar-refractivity contribution in [1.82, 2.24) is 14.8 Å². The number of aromatic nitrogens is 3. The summed E-state index contributed by atoms with van der Waals surface area (Å²) in [6.07, 6.45) is 0.678. The molecule has 0 aromatic carbocycles. The molecule has 0 spiro atoms. The van der Waals surface area contributed by atoms with Crippen LogP contribution in [0, 0.1) is 5.92 Å². The predicted octanol–water partition coefficient (Wildman–Crippen LogP) is 3.04. The zero-order valence-corrected chi connectivity index (χ0v) is 15.9. The highest BCUT2D eigenvalue weighted by Crippen LogP contribution is 2.25. The first-order valence-electron chi connectivity index (χ1n) is 7.48. The number of halogens is 1. The lowest BCUT2D eigenvalue weighted by atomic mass is 10.2. The van der Waals surface area contributed by atoms with Gasteiger partial charge < -0.3 is 10.3 Å². The van der Waals surface area contributed by atoms with E-state index in [0.717, 1.165) is 12.4 Å². The normalized spacial score (nSPS) is 11.2. The Morgan fingerprint density at radius 2 is 2.12 bits per heavy atom. The smallest absolute Gasteiger partial charge is 0.217 e. The summed E-state index contributed by atoms with van der Waals surface area (Å²) in [5.74, 6) is 1.02. The molecular weight excluding hydrogens is 368 g/mol. The number of Topliss-reactive ketones (excluding diaryl/α,β-unsaturated/α-hetero) is 1. The average molecular weight is 387 g/mol. The topological polar surface area (TPSA) is 90.9 Å². The molecule has 2 N–H and O–H groups in total. The monoisotopic (exact) mass is 386 g/mol. The maximum Gasteiger partial charge on any atom is 0.217 e. The van der Waals surface area contributed by atoms with Crippen LogP contribution < -0.4 is 5.73 Å². The van der Waals surface area contributed by atoms with Crippen LogP contribution in [0.3, 0.4) is 0 Å². The van der Waals surface area contributed by atoms with Crippen LogP contribution in [0.5, 0.6) is 0 Å². The molecule has 0 aliphatic carbocycles. The number of amides is 1. The molecule has 6 nitrogen and oxygen atoms in total. The number of carbonyl (C=O) groups excluding carboxylic acids is 2. The van der Waals surface area contributed by atoms with Crippen LogP contribution in [0.1, 0.15) is 35.8 Å². The lowest BCUT2D eigenvalue weighted by Crippen LogP contribution is -2.15. The Hall–Kier alpha value is -1.38. The first kappa shape index (κ1) is 19.0.